The van der Waals surface area contributed by atoms with Crippen molar-refractivity contribution in [2.45, 2.75) is 64.3 Å². The van der Waals surface area contributed by atoms with Gasteiger partial charge in [-0.2, -0.15) is 0 Å². The van der Waals surface area contributed by atoms with Crippen LogP contribution in [0.1, 0.15) is 58.3 Å². The summed E-state index contributed by atoms with van der Waals surface area (Å²) in [7, 11) is 0. The molecule has 2 N–H and O–H groups in total. The summed E-state index contributed by atoms with van der Waals surface area (Å²) in [5.41, 5.74) is 0. The summed E-state index contributed by atoms with van der Waals surface area (Å²) in [4.78, 5) is 12.2. The molecule has 2 aliphatic rings. The third kappa shape index (κ3) is 4.96. The number of carbonyl (C=O) groups is 1. The highest BCUT2D eigenvalue weighted by atomic mass is 35.5. The Hall–Kier alpha value is -0.280. The van der Waals surface area contributed by atoms with Gasteiger partial charge in [0, 0.05) is 12.0 Å². The number of nitrogens with one attached hydrogen (secondary N) is 2. The van der Waals surface area contributed by atoms with E-state index < -0.39 is 0 Å². The van der Waals surface area contributed by atoms with Crippen LogP contribution >= 0.6 is 12.4 Å². The highest BCUT2D eigenvalue weighted by Gasteiger charge is 2.30. The summed E-state index contributed by atoms with van der Waals surface area (Å²) in [5, 5.41) is 6.66. The highest BCUT2D eigenvalue weighted by molar-refractivity contribution is 5.85. The summed E-state index contributed by atoms with van der Waals surface area (Å²) >= 11 is 0. The molecule has 0 aromatic heterocycles. The molecule has 2 fully saturated rings. The van der Waals surface area contributed by atoms with Gasteiger partial charge in [-0.3, -0.25) is 4.79 Å². The standard InChI is InChI=1S/C15H28N2O.ClH/c1-2-3-5-12-6-4-7-14(12)17-15(18)13-8-10-16-11-9-13;/h12-14,16H,2-11H2,1H3,(H,17,18);1H. The van der Waals surface area contributed by atoms with Gasteiger partial charge in [0.2, 0.25) is 5.91 Å². The largest absolute Gasteiger partial charge is 0.353 e. The van der Waals surface area contributed by atoms with Gasteiger partial charge in [0.05, 0.1) is 0 Å². The minimum atomic E-state index is 0. The second-order valence-electron chi connectivity index (χ2n) is 5.97. The van der Waals surface area contributed by atoms with Crippen LogP contribution < -0.4 is 10.6 Å². The molecule has 1 amide bonds. The zero-order valence-electron chi connectivity index (χ0n) is 12.1. The Morgan fingerprint density at radius 1 is 1.21 bits per heavy atom. The second-order valence-corrected chi connectivity index (χ2v) is 5.97. The summed E-state index contributed by atoms with van der Waals surface area (Å²) in [6, 6.07) is 0.471. The van der Waals surface area contributed by atoms with Crippen LogP contribution in [0.3, 0.4) is 0 Å². The molecular weight excluding hydrogens is 260 g/mol. The number of hydrogen-bond donors (Lipinski definition) is 2. The zero-order valence-corrected chi connectivity index (χ0v) is 12.9. The quantitative estimate of drug-likeness (QED) is 0.817. The molecule has 1 saturated carbocycles. The summed E-state index contributed by atoms with van der Waals surface area (Å²) in [6.07, 6.45) is 9.72. The first kappa shape index (κ1) is 16.8. The van der Waals surface area contributed by atoms with Crippen LogP contribution in [0.5, 0.6) is 0 Å². The molecule has 112 valence electrons. The van der Waals surface area contributed by atoms with Gasteiger partial charge in [0.15, 0.2) is 0 Å². The van der Waals surface area contributed by atoms with Gasteiger partial charge in [0.25, 0.3) is 0 Å². The molecule has 0 spiro atoms. The van der Waals surface area contributed by atoms with Gasteiger partial charge >= 0.3 is 0 Å². The van der Waals surface area contributed by atoms with Crippen molar-refractivity contribution in [2.75, 3.05) is 13.1 Å². The van der Waals surface area contributed by atoms with Crippen molar-refractivity contribution in [3.8, 4) is 0 Å². The molecule has 19 heavy (non-hydrogen) atoms. The summed E-state index contributed by atoms with van der Waals surface area (Å²) in [5.74, 6) is 1.33. The maximum atomic E-state index is 12.2. The van der Waals surface area contributed by atoms with E-state index in [0.29, 0.717) is 11.9 Å². The number of rotatable bonds is 5. The van der Waals surface area contributed by atoms with E-state index >= 15 is 0 Å². The highest BCUT2D eigenvalue weighted by Crippen LogP contribution is 2.30. The fourth-order valence-electron chi connectivity index (χ4n) is 3.42. The molecule has 0 aromatic carbocycles. The maximum Gasteiger partial charge on any atom is 0.223 e. The second kappa shape index (κ2) is 8.80. The molecule has 3 nitrogen and oxygen atoms in total. The van der Waals surface area contributed by atoms with Crippen molar-refractivity contribution in [2.24, 2.45) is 11.8 Å². The van der Waals surface area contributed by atoms with Gasteiger partial charge in [0.1, 0.15) is 0 Å². The summed E-state index contributed by atoms with van der Waals surface area (Å²) in [6.45, 7) is 4.25. The lowest BCUT2D eigenvalue weighted by molar-refractivity contribution is -0.126. The van der Waals surface area contributed by atoms with E-state index in [0.717, 1.165) is 31.8 Å². The van der Waals surface area contributed by atoms with Crippen LogP contribution in [-0.4, -0.2) is 25.0 Å². The van der Waals surface area contributed by atoms with E-state index in [2.05, 4.69) is 17.6 Å². The van der Waals surface area contributed by atoms with Gasteiger partial charge < -0.3 is 10.6 Å². The Bertz CT molecular complexity index is 267. The predicted octanol–water partition coefficient (Wildman–Crippen LogP) is 2.88. The molecule has 2 atom stereocenters. The normalized spacial score (nSPS) is 27.8. The Morgan fingerprint density at radius 2 is 1.95 bits per heavy atom. The fourth-order valence-corrected chi connectivity index (χ4v) is 3.42. The van der Waals surface area contributed by atoms with E-state index in [-0.39, 0.29) is 18.3 Å². The first-order valence-corrected chi connectivity index (χ1v) is 7.82. The van der Waals surface area contributed by atoms with E-state index in [4.69, 9.17) is 0 Å². The molecule has 0 radical (unpaired) electrons. The van der Waals surface area contributed by atoms with Gasteiger partial charge in [-0.1, -0.05) is 26.2 Å². The van der Waals surface area contributed by atoms with Crippen LogP contribution in [0, 0.1) is 11.8 Å². The zero-order chi connectivity index (χ0) is 12.8. The van der Waals surface area contributed by atoms with Crippen molar-refractivity contribution in [3.63, 3.8) is 0 Å². The van der Waals surface area contributed by atoms with Crippen LogP contribution in [0.2, 0.25) is 0 Å². The SMILES string of the molecule is CCCCC1CCCC1NC(=O)C1CCNCC1.Cl. The molecule has 0 bridgehead atoms. The number of unbranched alkanes of at least 4 members (excludes halogenated alkanes) is 1. The van der Waals surface area contributed by atoms with E-state index in [1.807, 2.05) is 0 Å². The number of piperidine rings is 1. The van der Waals surface area contributed by atoms with Gasteiger partial charge in [-0.15, -0.1) is 12.4 Å². The third-order valence-corrected chi connectivity index (χ3v) is 4.63. The first-order valence-electron chi connectivity index (χ1n) is 7.82. The molecule has 1 aliphatic heterocycles. The van der Waals surface area contributed by atoms with Crippen molar-refractivity contribution < 1.29 is 4.79 Å². The number of hydrogen-bond acceptors (Lipinski definition) is 2. The molecule has 2 rings (SSSR count). The molecule has 1 saturated heterocycles. The molecule has 1 heterocycles. The Morgan fingerprint density at radius 3 is 2.63 bits per heavy atom. The molecular formula is C15H29ClN2O. The monoisotopic (exact) mass is 288 g/mol. The lowest BCUT2D eigenvalue weighted by atomic mass is 9.94. The minimum absolute atomic E-state index is 0. The third-order valence-electron chi connectivity index (χ3n) is 4.63. The van der Waals surface area contributed by atoms with Crippen LogP contribution in [0.4, 0.5) is 0 Å². The molecule has 1 aliphatic carbocycles. The Kier molecular flexibility index (Phi) is 7.77. The average molecular weight is 289 g/mol. The smallest absolute Gasteiger partial charge is 0.223 e. The maximum absolute atomic E-state index is 12.2. The number of carbonyl (C=O) groups excluding carboxylic acids is 1. The molecule has 2 unspecified atom stereocenters. The number of halogens is 1. The fraction of sp³-hybridized carbons (Fsp3) is 0.933. The average Bonchev–Trinajstić information content (AvgIpc) is 2.84. The lowest BCUT2D eigenvalue weighted by Gasteiger charge is -2.26. The lowest BCUT2D eigenvalue weighted by Crippen LogP contribution is -2.44. The first-order chi connectivity index (χ1) is 8.81. The molecule has 0 aromatic rings. The van der Waals surface area contributed by atoms with Gasteiger partial charge in [-0.25, -0.2) is 0 Å². The van der Waals surface area contributed by atoms with Crippen LogP contribution in [-0.2, 0) is 4.79 Å². The predicted molar refractivity (Wildman–Crippen MR) is 81.6 cm³/mol. The van der Waals surface area contributed by atoms with E-state index in [9.17, 15) is 4.79 Å². The molecule has 4 heteroatoms. The Labute approximate surface area is 123 Å². The van der Waals surface area contributed by atoms with Gasteiger partial charge in [-0.05, 0) is 51.1 Å². The van der Waals surface area contributed by atoms with Crippen LogP contribution in [0.15, 0.2) is 0 Å². The van der Waals surface area contributed by atoms with E-state index in [1.54, 1.807) is 0 Å². The van der Waals surface area contributed by atoms with Crippen molar-refractivity contribution in [1.29, 1.82) is 0 Å². The van der Waals surface area contributed by atoms with Crippen molar-refractivity contribution in [1.82, 2.24) is 10.6 Å². The van der Waals surface area contributed by atoms with Crippen LogP contribution in [0.25, 0.3) is 0 Å². The van der Waals surface area contributed by atoms with E-state index in [1.165, 1.54) is 38.5 Å². The summed E-state index contributed by atoms with van der Waals surface area (Å²) < 4.78 is 0. The minimum Gasteiger partial charge on any atom is -0.353 e. The Balaban J connectivity index is 0.00000180. The topological polar surface area (TPSA) is 41.1 Å². The van der Waals surface area contributed by atoms with Crippen molar-refractivity contribution >= 4 is 18.3 Å². The van der Waals surface area contributed by atoms with Crippen molar-refractivity contribution in [3.05, 3.63) is 0 Å². The number of amides is 1.